The van der Waals surface area contributed by atoms with Gasteiger partial charge in [0.05, 0.1) is 4.90 Å². The predicted octanol–water partition coefficient (Wildman–Crippen LogP) is 3.86. The summed E-state index contributed by atoms with van der Waals surface area (Å²) in [5.41, 5.74) is 0.792. The van der Waals surface area contributed by atoms with Crippen molar-refractivity contribution < 1.29 is 35.9 Å². The average molecular weight is 500 g/mol. The van der Waals surface area contributed by atoms with Crippen LogP contribution in [0.25, 0.3) is 0 Å². The van der Waals surface area contributed by atoms with Crippen LogP contribution in [-0.2, 0) is 14.8 Å². The first-order valence-corrected chi connectivity index (χ1v) is 11.3. The van der Waals surface area contributed by atoms with E-state index in [0.717, 1.165) is 30.4 Å². The van der Waals surface area contributed by atoms with Gasteiger partial charge >= 0.3 is 6.36 Å². The fourth-order valence-electron chi connectivity index (χ4n) is 2.46. The highest BCUT2D eigenvalue weighted by atomic mass is 32.2. The number of hydrogen-bond donors (Lipinski definition) is 3. The molecule has 0 aliphatic heterocycles. The summed E-state index contributed by atoms with van der Waals surface area (Å²) in [6.07, 6.45) is -4.79. The van der Waals surface area contributed by atoms with Gasteiger partial charge in [-0.15, -0.1) is 24.5 Å². The number of thiazole rings is 1. The third-order valence-corrected chi connectivity index (χ3v) is 5.98. The van der Waals surface area contributed by atoms with Crippen molar-refractivity contribution in [2.24, 2.45) is 0 Å². The smallest absolute Gasteiger partial charge is 0.406 e. The van der Waals surface area contributed by atoms with Crippen LogP contribution in [0.5, 0.6) is 5.75 Å². The molecular formula is C19H15F3N4O5S2. The van der Waals surface area contributed by atoms with E-state index in [1.807, 2.05) is 4.72 Å². The minimum absolute atomic E-state index is 0.0643. The van der Waals surface area contributed by atoms with E-state index in [1.165, 1.54) is 41.8 Å². The largest absolute Gasteiger partial charge is 0.573 e. The van der Waals surface area contributed by atoms with Gasteiger partial charge in [0, 0.05) is 23.7 Å². The van der Waals surface area contributed by atoms with Gasteiger partial charge in [-0.25, -0.2) is 18.1 Å². The SMILES string of the molecule is CC(=O)NS(=O)(=O)c1ccc(NC(=O)c2csc(Nc3ccc(OC(F)(F)F)cc3)n2)cc1. The topological polar surface area (TPSA) is 126 Å². The molecule has 9 nitrogen and oxygen atoms in total. The summed E-state index contributed by atoms with van der Waals surface area (Å²) in [6.45, 7) is 1.07. The number of hydrogen-bond acceptors (Lipinski definition) is 8. The van der Waals surface area contributed by atoms with E-state index in [4.69, 9.17) is 0 Å². The highest BCUT2D eigenvalue weighted by Gasteiger charge is 2.31. The van der Waals surface area contributed by atoms with Crippen molar-refractivity contribution in [3.05, 3.63) is 59.6 Å². The first kappa shape index (κ1) is 24.0. The van der Waals surface area contributed by atoms with E-state index in [2.05, 4.69) is 20.4 Å². The highest BCUT2D eigenvalue weighted by Crippen LogP contribution is 2.26. The first-order valence-electron chi connectivity index (χ1n) is 8.94. The number of aromatic nitrogens is 1. The minimum atomic E-state index is -4.79. The van der Waals surface area contributed by atoms with Crippen molar-refractivity contribution in [1.29, 1.82) is 0 Å². The normalized spacial score (nSPS) is 11.5. The Bertz CT molecular complexity index is 1260. The highest BCUT2D eigenvalue weighted by molar-refractivity contribution is 7.90. The van der Waals surface area contributed by atoms with Crippen LogP contribution in [0, 0.1) is 0 Å². The molecule has 0 aliphatic carbocycles. The summed E-state index contributed by atoms with van der Waals surface area (Å²) >= 11 is 1.10. The van der Waals surface area contributed by atoms with Crippen LogP contribution >= 0.6 is 11.3 Å². The summed E-state index contributed by atoms with van der Waals surface area (Å²) in [5, 5.41) is 7.21. The number of rotatable bonds is 7. The molecule has 0 saturated carbocycles. The van der Waals surface area contributed by atoms with Crippen molar-refractivity contribution in [3.63, 3.8) is 0 Å². The second kappa shape index (κ2) is 9.46. The number of carbonyl (C=O) groups excluding carboxylic acids is 2. The molecule has 2 aromatic carbocycles. The van der Waals surface area contributed by atoms with Crippen molar-refractivity contribution in [2.45, 2.75) is 18.2 Å². The molecule has 14 heteroatoms. The van der Waals surface area contributed by atoms with Crippen LogP contribution in [0.15, 0.2) is 58.8 Å². The maximum absolute atomic E-state index is 12.4. The summed E-state index contributed by atoms with van der Waals surface area (Å²) in [6, 6.07) is 10.1. The van der Waals surface area contributed by atoms with Crippen molar-refractivity contribution >= 4 is 49.7 Å². The van der Waals surface area contributed by atoms with E-state index in [9.17, 15) is 31.2 Å². The third kappa shape index (κ3) is 6.92. The zero-order valence-corrected chi connectivity index (χ0v) is 18.3. The van der Waals surface area contributed by atoms with Gasteiger partial charge < -0.3 is 15.4 Å². The number of carbonyl (C=O) groups is 2. The van der Waals surface area contributed by atoms with Gasteiger partial charge in [-0.1, -0.05) is 0 Å². The molecule has 174 valence electrons. The summed E-state index contributed by atoms with van der Waals surface area (Å²) in [5.74, 6) is -1.67. The molecule has 3 rings (SSSR count). The molecular weight excluding hydrogens is 485 g/mol. The molecule has 0 aliphatic rings. The number of benzene rings is 2. The van der Waals surface area contributed by atoms with Crippen molar-refractivity contribution in [2.75, 3.05) is 10.6 Å². The van der Waals surface area contributed by atoms with Crippen LogP contribution in [0.4, 0.5) is 29.7 Å². The lowest BCUT2D eigenvalue weighted by molar-refractivity contribution is -0.274. The van der Waals surface area contributed by atoms with Gasteiger partial charge in [-0.2, -0.15) is 0 Å². The Labute approximate surface area is 189 Å². The van der Waals surface area contributed by atoms with E-state index in [1.54, 1.807) is 0 Å². The fourth-order valence-corrected chi connectivity index (χ4v) is 4.16. The number of nitrogens with zero attached hydrogens (tertiary/aromatic N) is 1. The number of amides is 2. The molecule has 0 fully saturated rings. The molecule has 1 heterocycles. The molecule has 0 unspecified atom stereocenters. The second-order valence-electron chi connectivity index (χ2n) is 6.38. The Hall–Kier alpha value is -3.65. The Morgan fingerprint density at radius 1 is 1.00 bits per heavy atom. The van der Waals surface area contributed by atoms with Crippen molar-refractivity contribution in [3.8, 4) is 5.75 Å². The lowest BCUT2D eigenvalue weighted by Gasteiger charge is -2.09. The summed E-state index contributed by atoms with van der Waals surface area (Å²) in [4.78, 5) is 27.3. The molecule has 1 aromatic heterocycles. The van der Waals surface area contributed by atoms with Crippen LogP contribution in [0.1, 0.15) is 17.4 Å². The quantitative estimate of drug-likeness (QED) is 0.450. The molecule has 33 heavy (non-hydrogen) atoms. The maximum Gasteiger partial charge on any atom is 0.573 e. The standard InChI is InChI=1S/C19H15F3N4O5S2/c1-11(27)26-33(29,30)15-8-4-12(5-9-15)23-17(28)16-10-32-18(25-16)24-13-2-6-14(7-3-13)31-19(20,21)22/h2-10H,1H3,(H,23,28)(H,24,25)(H,26,27). The molecule has 0 atom stereocenters. The molecule has 0 bridgehead atoms. The van der Waals surface area contributed by atoms with Crippen LogP contribution in [-0.4, -0.2) is 31.6 Å². The summed E-state index contributed by atoms with van der Waals surface area (Å²) < 4.78 is 66.1. The van der Waals surface area contributed by atoms with Gasteiger partial charge in [0.15, 0.2) is 5.13 Å². The van der Waals surface area contributed by atoms with Crippen LogP contribution in [0.2, 0.25) is 0 Å². The number of sulfonamides is 1. The predicted molar refractivity (Wildman–Crippen MR) is 114 cm³/mol. The van der Waals surface area contributed by atoms with E-state index >= 15 is 0 Å². The number of alkyl halides is 3. The molecule has 3 N–H and O–H groups in total. The molecule has 3 aromatic rings. The van der Waals surface area contributed by atoms with Gasteiger partial charge in [0.25, 0.3) is 15.9 Å². The molecule has 2 amide bonds. The number of anilines is 3. The van der Waals surface area contributed by atoms with Gasteiger partial charge in [0.2, 0.25) is 5.91 Å². The Balaban J connectivity index is 1.61. The lowest BCUT2D eigenvalue weighted by Crippen LogP contribution is -2.28. The lowest BCUT2D eigenvalue weighted by atomic mass is 10.3. The Morgan fingerprint density at radius 3 is 2.18 bits per heavy atom. The number of halogens is 3. The number of ether oxygens (including phenoxy) is 1. The molecule has 0 saturated heterocycles. The van der Waals surface area contributed by atoms with E-state index < -0.39 is 28.2 Å². The monoisotopic (exact) mass is 500 g/mol. The van der Waals surface area contributed by atoms with E-state index in [0.29, 0.717) is 16.5 Å². The van der Waals surface area contributed by atoms with Gasteiger partial charge in [0.1, 0.15) is 11.4 Å². The second-order valence-corrected chi connectivity index (χ2v) is 8.92. The van der Waals surface area contributed by atoms with Gasteiger partial charge in [-0.05, 0) is 48.5 Å². The zero-order chi connectivity index (χ0) is 24.2. The summed E-state index contributed by atoms with van der Waals surface area (Å²) in [7, 11) is -3.99. The zero-order valence-electron chi connectivity index (χ0n) is 16.6. The van der Waals surface area contributed by atoms with Crippen LogP contribution in [0.3, 0.4) is 0 Å². The fraction of sp³-hybridized carbons (Fsp3) is 0.105. The van der Waals surface area contributed by atoms with Crippen molar-refractivity contribution in [1.82, 2.24) is 9.71 Å². The number of nitrogens with one attached hydrogen (secondary N) is 3. The molecule has 0 radical (unpaired) electrons. The first-order chi connectivity index (χ1) is 15.4. The average Bonchev–Trinajstić information content (AvgIpc) is 3.16. The van der Waals surface area contributed by atoms with Gasteiger partial charge in [-0.3, -0.25) is 9.59 Å². The Kier molecular flexibility index (Phi) is 6.88. The third-order valence-electron chi connectivity index (χ3n) is 3.78. The minimum Gasteiger partial charge on any atom is -0.406 e. The Morgan fingerprint density at radius 2 is 1.61 bits per heavy atom. The molecule has 0 spiro atoms. The van der Waals surface area contributed by atoms with Crippen LogP contribution < -0.4 is 20.1 Å². The maximum atomic E-state index is 12.4. The van der Waals surface area contributed by atoms with E-state index in [-0.39, 0.29) is 16.3 Å².